The van der Waals surface area contributed by atoms with Crippen molar-refractivity contribution in [3.63, 3.8) is 0 Å². The summed E-state index contributed by atoms with van der Waals surface area (Å²) in [6.45, 7) is 1.99. The molecule has 2 unspecified atom stereocenters. The maximum absolute atomic E-state index is 10.8. The van der Waals surface area contributed by atoms with E-state index in [-0.39, 0.29) is 18.4 Å². The zero-order valence-corrected chi connectivity index (χ0v) is 11.1. The van der Waals surface area contributed by atoms with Crippen molar-refractivity contribution >= 4 is 5.97 Å². The molecule has 98 valence electrons. The van der Waals surface area contributed by atoms with Gasteiger partial charge in [0.2, 0.25) is 0 Å². The molecule has 1 aliphatic rings. The second kappa shape index (κ2) is 5.53. The summed E-state index contributed by atoms with van der Waals surface area (Å²) in [5.41, 5.74) is 4.11. The quantitative estimate of drug-likeness (QED) is 0.840. The second-order valence-electron chi connectivity index (χ2n) is 5.22. The molecule has 2 N–H and O–H groups in total. The monoisotopic (exact) mass is 247 g/mol. The normalized spacial score (nSPS) is 17.2. The van der Waals surface area contributed by atoms with Crippen LogP contribution in [0.1, 0.15) is 42.5 Å². The molecule has 0 saturated heterocycles. The van der Waals surface area contributed by atoms with E-state index in [9.17, 15) is 4.79 Å². The first-order chi connectivity index (χ1) is 8.61. The minimum Gasteiger partial charge on any atom is -0.481 e. The fourth-order valence-electron chi connectivity index (χ4n) is 2.96. The molecule has 3 heteroatoms. The van der Waals surface area contributed by atoms with E-state index in [4.69, 9.17) is 5.11 Å². The molecule has 0 spiro atoms. The van der Waals surface area contributed by atoms with Crippen LogP contribution in [0.3, 0.4) is 0 Å². The van der Waals surface area contributed by atoms with Crippen LogP contribution in [-0.4, -0.2) is 18.1 Å². The molecule has 0 radical (unpaired) electrons. The fourth-order valence-corrected chi connectivity index (χ4v) is 2.96. The Bertz CT molecular complexity index is 442. The van der Waals surface area contributed by atoms with Crippen molar-refractivity contribution in [3.8, 4) is 0 Å². The molecule has 0 bridgehead atoms. The highest BCUT2D eigenvalue weighted by molar-refractivity contribution is 5.67. The summed E-state index contributed by atoms with van der Waals surface area (Å²) < 4.78 is 0. The van der Waals surface area contributed by atoms with Crippen LogP contribution in [0, 0.1) is 5.92 Å². The second-order valence-corrected chi connectivity index (χ2v) is 5.22. The molecule has 0 heterocycles. The third-order valence-corrected chi connectivity index (χ3v) is 3.86. The number of aliphatic carboxylic acids is 1. The van der Waals surface area contributed by atoms with Crippen LogP contribution in [0.5, 0.6) is 0 Å². The molecular weight excluding hydrogens is 226 g/mol. The third kappa shape index (κ3) is 2.72. The molecule has 0 saturated carbocycles. The van der Waals surface area contributed by atoms with E-state index in [1.807, 2.05) is 14.0 Å². The molecule has 0 amide bonds. The van der Waals surface area contributed by atoms with Gasteiger partial charge in [0.15, 0.2) is 0 Å². The summed E-state index contributed by atoms with van der Waals surface area (Å²) in [6.07, 6.45) is 3.79. The summed E-state index contributed by atoms with van der Waals surface area (Å²) in [5, 5.41) is 12.2. The topological polar surface area (TPSA) is 49.3 Å². The molecule has 1 aromatic rings. The zero-order valence-electron chi connectivity index (χ0n) is 11.1. The summed E-state index contributed by atoms with van der Waals surface area (Å²) in [5.74, 6) is -0.643. The van der Waals surface area contributed by atoms with Crippen molar-refractivity contribution in [2.75, 3.05) is 7.05 Å². The summed E-state index contributed by atoms with van der Waals surface area (Å²) in [6, 6.07) is 6.72. The predicted octanol–water partition coefficient (Wildman–Crippen LogP) is 2.55. The first-order valence-electron chi connectivity index (χ1n) is 6.62. The van der Waals surface area contributed by atoms with Gasteiger partial charge in [0.05, 0.1) is 0 Å². The Labute approximate surface area is 108 Å². The van der Waals surface area contributed by atoms with Gasteiger partial charge in [-0.3, -0.25) is 4.79 Å². The molecule has 2 atom stereocenters. The molecule has 3 nitrogen and oxygen atoms in total. The third-order valence-electron chi connectivity index (χ3n) is 3.86. The van der Waals surface area contributed by atoms with Crippen LogP contribution in [0.2, 0.25) is 0 Å². The van der Waals surface area contributed by atoms with Crippen LogP contribution in [0.4, 0.5) is 0 Å². The Morgan fingerprint density at radius 2 is 2.11 bits per heavy atom. The first-order valence-corrected chi connectivity index (χ1v) is 6.62. The highest BCUT2D eigenvalue weighted by atomic mass is 16.4. The minimum absolute atomic E-state index is 0.0898. The van der Waals surface area contributed by atoms with Crippen LogP contribution < -0.4 is 5.32 Å². The van der Waals surface area contributed by atoms with E-state index in [0.717, 1.165) is 6.42 Å². The average molecular weight is 247 g/mol. The molecule has 2 rings (SSSR count). The molecule has 1 aromatic carbocycles. The maximum Gasteiger partial charge on any atom is 0.303 e. The number of nitrogens with one attached hydrogen (secondary N) is 1. The summed E-state index contributed by atoms with van der Waals surface area (Å²) in [4.78, 5) is 10.8. The summed E-state index contributed by atoms with van der Waals surface area (Å²) >= 11 is 0. The number of hydrogen-bond acceptors (Lipinski definition) is 2. The Balaban J connectivity index is 2.19. The lowest BCUT2D eigenvalue weighted by Crippen LogP contribution is -2.25. The van der Waals surface area contributed by atoms with Gasteiger partial charge in [0.25, 0.3) is 0 Å². The van der Waals surface area contributed by atoms with Crippen LogP contribution in [0.25, 0.3) is 0 Å². The van der Waals surface area contributed by atoms with Crippen LogP contribution in [-0.2, 0) is 17.6 Å². The van der Waals surface area contributed by atoms with E-state index in [2.05, 4.69) is 23.5 Å². The van der Waals surface area contributed by atoms with E-state index in [1.54, 1.807) is 0 Å². The molecule has 18 heavy (non-hydrogen) atoms. The molecule has 0 aromatic heterocycles. The molecular formula is C15H21NO2. The number of carboxylic acid groups (broad SMARTS) is 1. The van der Waals surface area contributed by atoms with E-state index in [0.29, 0.717) is 0 Å². The number of carboxylic acids is 1. The smallest absolute Gasteiger partial charge is 0.303 e. The molecule has 0 fully saturated rings. The van der Waals surface area contributed by atoms with Gasteiger partial charge in [-0.05, 0) is 48.9 Å². The van der Waals surface area contributed by atoms with Crippen molar-refractivity contribution in [2.45, 2.75) is 38.6 Å². The van der Waals surface area contributed by atoms with Gasteiger partial charge in [-0.25, -0.2) is 0 Å². The van der Waals surface area contributed by atoms with E-state index >= 15 is 0 Å². The Hall–Kier alpha value is -1.35. The zero-order chi connectivity index (χ0) is 13.1. The molecule has 0 aliphatic heterocycles. The number of carbonyl (C=O) groups is 1. The maximum atomic E-state index is 10.8. The van der Waals surface area contributed by atoms with Crippen molar-refractivity contribution < 1.29 is 9.90 Å². The molecule has 1 aliphatic carbocycles. The van der Waals surface area contributed by atoms with Crippen LogP contribution >= 0.6 is 0 Å². The van der Waals surface area contributed by atoms with Gasteiger partial charge in [0.1, 0.15) is 0 Å². The lowest BCUT2D eigenvalue weighted by atomic mass is 9.90. The predicted molar refractivity (Wildman–Crippen MR) is 71.7 cm³/mol. The lowest BCUT2D eigenvalue weighted by Gasteiger charge is -2.23. The van der Waals surface area contributed by atoms with Gasteiger partial charge >= 0.3 is 5.97 Å². The van der Waals surface area contributed by atoms with Gasteiger partial charge in [-0.2, -0.15) is 0 Å². The Kier molecular flexibility index (Phi) is 4.02. The van der Waals surface area contributed by atoms with Crippen molar-refractivity contribution in [1.29, 1.82) is 0 Å². The van der Waals surface area contributed by atoms with Crippen molar-refractivity contribution in [2.24, 2.45) is 5.92 Å². The van der Waals surface area contributed by atoms with Gasteiger partial charge < -0.3 is 10.4 Å². The standard InChI is InChI=1S/C15H21NO2/c1-10(8-14(17)18)15(16-2)13-7-6-11-4-3-5-12(11)9-13/h6-7,9-10,15-16H,3-5,8H2,1-2H3,(H,17,18). The van der Waals surface area contributed by atoms with Gasteiger partial charge in [-0.1, -0.05) is 25.1 Å². The number of fused-ring (bicyclic) bond motifs is 1. The first kappa shape index (κ1) is 13.1. The lowest BCUT2D eigenvalue weighted by molar-refractivity contribution is -0.138. The number of rotatable bonds is 5. The van der Waals surface area contributed by atoms with Crippen molar-refractivity contribution in [3.05, 3.63) is 34.9 Å². The largest absolute Gasteiger partial charge is 0.481 e. The SMILES string of the molecule is CNC(c1ccc2c(c1)CCC2)C(C)CC(=O)O. The Morgan fingerprint density at radius 1 is 1.39 bits per heavy atom. The number of benzene rings is 1. The fraction of sp³-hybridized carbons (Fsp3) is 0.533. The van der Waals surface area contributed by atoms with Gasteiger partial charge in [-0.15, -0.1) is 0 Å². The number of aryl methyl sites for hydroxylation is 2. The highest BCUT2D eigenvalue weighted by Crippen LogP contribution is 2.29. The van der Waals surface area contributed by atoms with E-state index in [1.165, 1.54) is 29.5 Å². The van der Waals surface area contributed by atoms with E-state index < -0.39 is 5.97 Å². The summed E-state index contributed by atoms with van der Waals surface area (Å²) in [7, 11) is 1.90. The Morgan fingerprint density at radius 3 is 2.78 bits per heavy atom. The average Bonchev–Trinajstić information content (AvgIpc) is 2.76. The van der Waals surface area contributed by atoms with Crippen molar-refractivity contribution in [1.82, 2.24) is 5.32 Å². The van der Waals surface area contributed by atoms with Crippen LogP contribution in [0.15, 0.2) is 18.2 Å². The highest BCUT2D eigenvalue weighted by Gasteiger charge is 2.21. The van der Waals surface area contributed by atoms with Gasteiger partial charge in [0, 0.05) is 12.5 Å². The number of hydrogen-bond donors (Lipinski definition) is 2. The minimum atomic E-state index is -0.732.